The summed E-state index contributed by atoms with van der Waals surface area (Å²) >= 11 is 0. The average molecular weight is 338 g/mol. The highest BCUT2D eigenvalue weighted by atomic mass is 19.4. The molecule has 2 aromatic heterocycles. The Morgan fingerprint density at radius 3 is 2.35 bits per heavy atom. The van der Waals surface area contributed by atoms with Gasteiger partial charge in [-0.05, 0) is 12.1 Å². The molecule has 1 N–H and O–H groups in total. The van der Waals surface area contributed by atoms with E-state index >= 15 is 0 Å². The zero-order valence-corrected chi connectivity index (χ0v) is 11.1. The van der Waals surface area contributed by atoms with Crippen LogP contribution in [0.5, 0.6) is 0 Å². The van der Waals surface area contributed by atoms with E-state index in [0.717, 1.165) is 18.6 Å². The molecule has 2 heterocycles. The van der Waals surface area contributed by atoms with Gasteiger partial charge in [0, 0.05) is 12.4 Å². The van der Waals surface area contributed by atoms with E-state index in [9.17, 15) is 31.1 Å². The minimum atomic E-state index is -4.58. The Morgan fingerprint density at radius 2 is 1.83 bits per heavy atom. The van der Waals surface area contributed by atoms with Crippen molar-refractivity contribution in [3.05, 3.63) is 42.1 Å². The largest absolute Gasteiger partial charge is 0.417 e. The van der Waals surface area contributed by atoms with Crippen LogP contribution in [0.1, 0.15) is 16.1 Å². The first-order valence-corrected chi connectivity index (χ1v) is 5.98. The van der Waals surface area contributed by atoms with Crippen molar-refractivity contribution in [3.8, 4) is 0 Å². The lowest BCUT2D eigenvalue weighted by atomic mass is 10.2. The number of halogens is 6. The Kier molecular flexibility index (Phi) is 4.30. The van der Waals surface area contributed by atoms with Crippen LogP contribution in [0.4, 0.5) is 32.2 Å². The number of pyridine rings is 1. The second-order valence-electron chi connectivity index (χ2n) is 4.43. The summed E-state index contributed by atoms with van der Waals surface area (Å²) in [6.07, 6.45) is -6.74. The molecule has 0 radical (unpaired) electrons. The molecular formula is C12H8F6N4O. The summed E-state index contributed by atoms with van der Waals surface area (Å²) in [7, 11) is 0. The monoisotopic (exact) mass is 338 g/mol. The molecule has 0 spiro atoms. The predicted octanol–water partition coefficient (Wildman–Crippen LogP) is 3.11. The number of carbonyl (C=O) groups is 1. The summed E-state index contributed by atoms with van der Waals surface area (Å²) < 4.78 is 74.3. The Balaban J connectivity index is 2.05. The average Bonchev–Trinajstić information content (AvgIpc) is 2.82. The van der Waals surface area contributed by atoms with Crippen LogP contribution in [0.25, 0.3) is 0 Å². The van der Waals surface area contributed by atoms with Gasteiger partial charge in [-0.1, -0.05) is 0 Å². The van der Waals surface area contributed by atoms with Gasteiger partial charge in [-0.15, -0.1) is 0 Å². The molecule has 2 aromatic rings. The summed E-state index contributed by atoms with van der Waals surface area (Å²) in [5.41, 5.74) is -1.35. The van der Waals surface area contributed by atoms with Gasteiger partial charge in [-0.2, -0.15) is 26.3 Å². The zero-order valence-electron chi connectivity index (χ0n) is 11.1. The van der Waals surface area contributed by atoms with Crippen LogP contribution in [0.3, 0.4) is 0 Å². The van der Waals surface area contributed by atoms with Crippen molar-refractivity contribution >= 4 is 11.7 Å². The van der Waals surface area contributed by atoms with Crippen molar-refractivity contribution < 1.29 is 31.1 Å². The predicted molar refractivity (Wildman–Crippen MR) is 65.5 cm³/mol. The molecule has 23 heavy (non-hydrogen) atoms. The van der Waals surface area contributed by atoms with Crippen molar-refractivity contribution in [1.29, 1.82) is 0 Å². The minimum absolute atomic E-state index is 0.180. The van der Waals surface area contributed by atoms with Gasteiger partial charge >= 0.3 is 12.4 Å². The number of alkyl halides is 6. The van der Waals surface area contributed by atoms with Gasteiger partial charge in [-0.3, -0.25) is 9.78 Å². The molecule has 11 heteroatoms. The van der Waals surface area contributed by atoms with Gasteiger partial charge in [0.1, 0.15) is 12.2 Å². The summed E-state index contributed by atoms with van der Waals surface area (Å²) in [4.78, 5) is 18.6. The van der Waals surface area contributed by atoms with Crippen LogP contribution in [-0.4, -0.2) is 26.6 Å². The second-order valence-corrected chi connectivity index (χ2v) is 4.43. The Labute approximate surface area is 125 Å². The first-order chi connectivity index (χ1) is 10.5. The standard InChI is InChI=1S/C12H8F6N4O/c13-11(14,15)5-22-4-9(20-6-22)21-10(23)8-2-1-7(3-19-8)12(16,17)18/h1-4,6H,5H2,(H,21,23). The second kappa shape index (κ2) is 5.89. The number of nitrogens with zero attached hydrogens (tertiary/aromatic N) is 3. The van der Waals surface area contributed by atoms with Gasteiger partial charge in [0.15, 0.2) is 5.82 Å². The Bertz CT molecular complexity index is 689. The van der Waals surface area contributed by atoms with Crippen LogP contribution < -0.4 is 5.32 Å². The van der Waals surface area contributed by atoms with Gasteiger partial charge < -0.3 is 9.88 Å². The minimum Gasteiger partial charge on any atom is -0.326 e. The van der Waals surface area contributed by atoms with Crippen LogP contribution in [-0.2, 0) is 12.7 Å². The first kappa shape index (κ1) is 16.8. The van der Waals surface area contributed by atoms with E-state index < -0.39 is 30.4 Å². The van der Waals surface area contributed by atoms with Crippen molar-refractivity contribution in [2.24, 2.45) is 0 Å². The maximum Gasteiger partial charge on any atom is 0.417 e. The van der Waals surface area contributed by atoms with Crippen LogP contribution in [0, 0.1) is 0 Å². The molecule has 0 atom stereocenters. The Morgan fingerprint density at radius 1 is 1.13 bits per heavy atom. The molecule has 0 aromatic carbocycles. The highest BCUT2D eigenvalue weighted by Gasteiger charge is 2.31. The molecule has 0 saturated heterocycles. The molecule has 0 bridgehead atoms. The Hall–Kier alpha value is -2.59. The van der Waals surface area contributed by atoms with Crippen molar-refractivity contribution in [2.75, 3.05) is 5.32 Å². The molecule has 5 nitrogen and oxygen atoms in total. The lowest BCUT2D eigenvalue weighted by molar-refractivity contribution is -0.140. The van der Waals surface area contributed by atoms with E-state index in [0.29, 0.717) is 16.8 Å². The van der Waals surface area contributed by atoms with Gasteiger partial charge in [0.25, 0.3) is 5.91 Å². The number of hydrogen-bond acceptors (Lipinski definition) is 3. The van der Waals surface area contributed by atoms with Gasteiger partial charge in [-0.25, -0.2) is 4.98 Å². The number of amides is 1. The van der Waals surface area contributed by atoms with Gasteiger partial charge in [0.2, 0.25) is 0 Å². The molecule has 124 valence electrons. The smallest absolute Gasteiger partial charge is 0.326 e. The van der Waals surface area contributed by atoms with Gasteiger partial charge in [0.05, 0.1) is 11.9 Å². The van der Waals surface area contributed by atoms with Crippen molar-refractivity contribution in [1.82, 2.24) is 14.5 Å². The third-order valence-electron chi connectivity index (χ3n) is 2.56. The maximum absolute atomic E-state index is 12.4. The van der Waals surface area contributed by atoms with Crippen LogP contribution in [0.2, 0.25) is 0 Å². The molecule has 0 fully saturated rings. The summed E-state index contributed by atoms with van der Waals surface area (Å²) in [6, 6.07) is 1.52. The first-order valence-electron chi connectivity index (χ1n) is 5.98. The number of hydrogen-bond donors (Lipinski definition) is 1. The molecule has 0 aliphatic rings. The fourth-order valence-corrected chi connectivity index (χ4v) is 1.59. The normalized spacial score (nSPS) is 12.3. The van der Waals surface area contributed by atoms with E-state index in [2.05, 4.69) is 15.3 Å². The number of rotatable bonds is 3. The summed E-state index contributed by atoms with van der Waals surface area (Å²) in [6.45, 7) is -1.28. The number of carbonyl (C=O) groups excluding carboxylic acids is 1. The van der Waals surface area contributed by atoms with E-state index in [1.54, 1.807) is 0 Å². The zero-order chi connectivity index (χ0) is 17.3. The van der Waals surface area contributed by atoms with E-state index in [1.165, 1.54) is 0 Å². The highest BCUT2D eigenvalue weighted by molar-refractivity contribution is 6.02. The van der Waals surface area contributed by atoms with E-state index in [-0.39, 0.29) is 11.5 Å². The van der Waals surface area contributed by atoms with Crippen molar-refractivity contribution in [3.63, 3.8) is 0 Å². The molecular weight excluding hydrogens is 330 g/mol. The van der Waals surface area contributed by atoms with E-state index in [4.69, 9.17) is 0 Å². The number of aromatic nitrogens is 3. The summed E-state index contributed by atoms with van der Waals surface area (Å²) in [5, 5.41) is 2.14. The number of imidazole rings is 1. The SMILES string of the molecule is O=C(Nc1cn(CC(F)(F)F)cn1)c1ccc(C(F)(F)F)cn1. The number of anilines is 1. The third-order valence-corrected chi connectivity index (χ3v) is 2.56. The lowest BCUT2D eigenvalue weighted by Gasteiger charge is -2.07. The highest BCUT2D eigenvalue weighted by Crippen LogP contribution is 2.28. The summed E-state index contributed by atoms with van der Waals surface area (Å²) in [5.74, 6) is -1.07. The quantitative estimate of drug-likeness (QED) is 0.875. The topological polar surface area (TPSA) is 59.8 Å². The number of nitrogens with one attached hydrogen (secondary N) is 1. The molecule has 2 rings (SSSR count). The van der Waals surface area contributed by atoms with E-state index in [1.807, 2.05) is 0 Å². The molecule has 0 saturated carbocycles. The van der Waals surface area contributed by atoms with Crippen LogP contribution in [0.15, 0.2) is 30.9 Å². The molecule has 0 aliphatic carbocycles. The molecule has 0 aliphatic heterocycles. The fourth-order valence-electron chi connectivity index (χ4n) is 1.59. The molecule has 1 amide bonds. The lowest BCUT2D eigenvalue weighted by Crippen LogP contribution is -2.17. The third kappa shape index (κ3) is 4.69. The van der Waals surface area contributed by atoms with Crippen molar-refractivity contribution in [2.45, 2.75) is 18.9 Å². The maximum atomic E-state index is 12.4. The fraction of sp³-hybridized carbons (Fsp3) is 0.250. The van der Waals surface area contributed by atoms with Crippen LogP contribution >= 0.6 is 0 Å². The molecule has 0 unspecified atom stereocenters.